The molecule has 0 saturated heterocycles. The van der Waals surface area contributed by atoms with Crippen LogP contribution in [0.1, 0.15) is 38.5 Å². The van der Waals surface area contributed by atoms with Crippen molar-refractivity contribution in [1.29, 1.82) is 0 Å². The van der Waals surface area contributed by atoms with E-state index in [2.05, 4.69) is 23.3 Å². The Kier molecular flexibility index (Phi) is 6.74. The van der Waals surface area contributed by atoms with Gasteiger partial charge in [-0.2, -0.15) is 11.8 Å². The van der Waals surface area contributed by atoms with E-state index in [-0.39, 0.29) is 0 Å². The number of rotatable bonds is 8. The van der Waals surface area contributed by atoms with E-state index >= 15 is 0 Å². The zero-order valence-electron chi connectivity index (χ0n) is 12.6. The van der Waals surface area contributed by atoms with Crippen LogP contribution in [0.4, 0.5) is 0 Å². The zero-order chi connectivity index (χ0) is 14.1. The van der Waals surface area contributed by atoms with Crippen LogP contribution in [0.2, 0.25) is 0 Å². The maximum atomic E-state index is 5.70. The topological polar surface area (TPSA) is 21.3 Å². The first-order valence-electron chi connectivity index (χ1n) is 7.78. The van der Waals surface area contributed by atoms with Crippen molar-refractivity contribution in [2.75, 3.05) is 26.0 Å². The van der Waals surface area contributed by atoms with E-state index in [1.807, 2.05) is 30.3 Å². The second kappa shape index (κ2) is 8.58. The van der Waals surface area contributed by atoms with Crippen LogP contribution in [0, 0.1) is 0 Å². The van der Waals surface area contributed by atoms with Crippen molar-refractivity contribution in [1.82, 2.24) is 5.32 Å². The van der Waals surface area contributed by atoms with Crippen molar-refractivity contribution in [3.05, 3.63) is 30.3 Å². The summed E-state index contributed by atoms with van der Waals surface area (Å²) in [5.41, 5.74) is 0. The van der Waals surface area contributed by atoms with E-state index in [0.717, 1.165) is 31.9 Å². The quantitative estimate of drug-likeness (QED) is 0.729. The second-order valence-corrected chi connectivity index (χ2v) is 6.91. The molecule has 0 unspecified atom stereocenters. The largest absolute Gasteiger partial charge is 0.494 e. The van der Waals surface area contributed by atoms with Gasteiger partial charge in [-0.1, -0.05) is 37.5 Å². The third kappa shape index (κ3) is 5.02. The van der Waals surface area contributed by atoms with Gasteiger partial charge in [-0.05, 0) is 44.2 Å². The first-order valence-corrected chi connectivity index (χ1v) is 9.01. The summed E-state index contributed by atoms with van der Waals surface area (Å²) in [6.45, 7) is 3.00. The molecule has 1 N–H and O–H groups in total. The molecular formula is C17H27NOS. The molecule has 2 nitrogen and oxygen atoms in total. The molecular weight excluding hydrogens is 266 g/mol. The molecule has 0 aromatic heterocycles. The summed E-state index contributed by atoms with van der Waals surface area (Å²) in [6.07, 6.45) is 10.3. The Morgan fingerprint density at radius 3 is 2.60 bits per heavy atom. The summed E-state index contributed by atoms with van der Waals surface area (Å²) in [4.78, 5) is 0. The fourth-order valence-corrected chi connectivity index (χ4v) is 3.81. The molecule has 1 aromatic rings. The molecule has 0 bridgehead atoms. The third-order valence-electron chi connectivity index (χ3n) is 4.15. The first kappa shape index (κ1) is 15.7. The van der Waals surface area contributed by atoms with Crippen molar-refractivity contribution >= 4 is 11.8 Å². The number of para-hydroxylation sites is 1. The van der Waals surface area contributed by atoms with Gasteiger partial charge in [0.2, 0.25) is 0 Å². The molecule has 0 spiro atoms. The molecule has 0 radical (unpaired) electrons. The summed E-state index contributed by atoms with van der Waals surface area (Å²) in [5, 5.41) is 3.63. The Labute approximate surface area is 127 Å². The van der Waals surface area contributed by atoms with Gasteiger partial charge in [-0.25, -0.2) is 0 Å². The van der Waals surface area contributed by atoms with Gasteiger partial charge in [0.1, 0.15) is 5.75 Å². The van der Waals surface area contributed by atoms with Crippen LogP contribution in [0.3, 0.4) is 0 Å². The molecule has 0 heterocycles. The van der Waals surface area contributed by atoms with Crippen molar-refractivity contribution in [2.45, 2.75) is 43.3 Å². The van der Waals surface area contributed by atoms with Crippen LogP contribution in [-0.2, 0) is 0 Å². The SMILES string of the molecule is CSC1(CNCCCOc2ccccc2)CCCCC1. The predicted octanol–water partition coefficient (Wildman–Crippen LogP) is 4.11. The normalized spacial score (nSPS) is 17.9. The average molecular weight is 293 g/mol. The van der Waals surface area contributed by atoms with Crippen LogP contribution < -0.4 is 10.1 Å². The highest BCUT2D eigenvalue weighted by atomic mass is 32.2. The molecule has 0 atom stereocenters. The highest BCUT2D eigenvalue weighted by Crippen LogP contribution is 2.37. The summed E-state index contributed by atoms with van der Waals surface area (Å²) in [6, 6.07) is 10.1. The zero-order valence-corrected chi connectivity index (χ0v) is 13.4. The van der Waals surface area contributed by atoms with Crippen LogP contribution in [-0.4, -0.2) is 30.7 Å². The highest BCUT2D eigenvalue weighted by molar-refractivity contribution is 8.00. The Morgan fingerprint density at radius 2 is 1.90 bits per heavy atom. The molecule has 1 saturated carbocycles. The lowest BCUT2D eigenvalue weighted by atomic mass is 9.88. The van der Waals surface area contributed by atoms with Gasteiger partial charge in [0.05, 0.1) is 6.61 Å². The molecule has 2 rings (SSSR count). The molecule has 20 heavy (non-hydrogen) atoms. The molecule has 1 aliphatic carbocycles. The standard InChI is InChI=1S/C17H27NOS/c1-20-17(11-6-3-7-12-17)15-18-13-8-14-19-16-9-4-2-5-10-16/h2,4-5,9-10,18H,3,6-8,11-15H2,1H3. The fourth-order valence-electron chi connectivity index (χ4n) is 2.87. The Morgan fingerprint density at radius 1 is 1.15 bits per heavy atom. The van der Waals surface area contributed by atoms with Gasteiger partial charge < -0.3 is 10.1 Å². The fraction of sp³-hybridized carbons (Fsp3) is 0.647. The van der Waals surface area contributed by atoms with Gasteiger partial charge >= 0.3 is 0 Å². The van der Waals surface area contributed by atoms with Crippen LogP contribution in [0.15, 0.2) is 30.3 Å². The van der Waals surface area contributed by atoms with Gasteiger partial charge in [0.25, 0.3) is 0 Å². The first-order chi connectivity index (χ1) is 9.85. The summed E-state index contributed by atoms with van der Waals surface area (Å²) < 4.78 is 6.20. The molecule has 1 aromatic carbocycles. The average Bonchev–Trinajstić information content (AvgIpc) is 2.53. The maximum absolute atomic E-state index is 5.70. The third-order valence-corrected chi connectivity index (χ3v) is 5.57. The van der Waals surface area contributed by atoms with E-state index in [1.54, 1.807) is 0 Å². The molecule has 0 amide bonds. The molecule has 3 heteroatoms. The monoisotopic (exact) mass is 293 g/mol. The minimum Gasteiger partial charge on any atom is -0.494 e. The maximum Gasteiger partial charge on any atom is 0.119 e. The van der Waals surface area contributed by atoms with Gasteiger partial charge in [0, 0.05) is 11.3 Å². The number of thioether (sulfide) groups is 1. The second-order valence-electron chi connectivity index (χ2n) is 5.64. The number of hydrogen-bond donors (Lipinski definition) is 1. The Bertz CT molecular complexity index is 363. The lowest BCUT2D eigenvalue weighted by Gasteiger charge is -2.36. The van der Waals surface area contributed by atoms with Crippen LogP contribution in [0.5, 0.6) is 5.75 Å². The van der Waals surface area contributed by atoms with E-state index in [1.165, 1.54) is 32.1 Å². The lowest BCUT2D eigenvalue weighted by Crippen LogP contribution is -2.39. The smallest absolute Gasteiger partial charge is 0.119 e. The molecule has 1 aliphatic rings. The molecule has 112 valence electrons. The van der Waals surface area contributed by atoms with E-state index in [0.29, 0.717) is 4.75 Å². The number of ether oxygens (including phenoxy) is 1. The predicted molar refractivity (Wildman–Crippen MR) is 88.8 cm³/mol. The van der Waals surface area contributed by atoms with E-state index in [9.17, 15) is 0 Å². The Balaban J connectivity index is 1.57. The number of nitrogens with one attached hydrogen (secondary N) is 1. The van der Waals surface area contributed by atoms with Crippen LogP contribution in [0.25, 0.3) is 0 Å². The van der Waals surface area contributed by atoms with Gasteiger partial charge in [0.15, 0.2) is 0 Å². The van der Waals surface area contributed by atoms with Gasteiger partial charge in [-0.3, -0.25) is 0 Å². The minimum atomic E-state index is 0.499. The van der Waals surface area contributed by atoms with Crippen LogP contribution >= 0.6 is 11.8 Å². The van der Waals surface area contributed by atoms with E-state index < -0.39 is 0 Å². The Hall–Kier alpha value is -0.670. The highest BCUT2D eigenvalue weighted by Gasteiger charge is 2.30. The summed E-state index contributed by atoms with van der Waals surface area (Å²) >= 11 is 2.06. The van der Waals surface area contributed by atoms with Crippen molar-refractivity contribution in [3.63, 3.8) is 0 Å². The number of hydrogen-bond acceptors (Lipinski definition) is 3. The van der Waals surface area contributed by atoms with Crippen molar-refractivity contribution in [3.8, 4) is 5.75 Å². The summed E-state index contributed by atoms with van der Waals surface area (Å²) in [7, 11) is 0. The lowest BCUT2D eigenvalue weighted by molar-refractivity contribution is 0.304. The van der Waals surface area contributed by atoms with Crippen molar-refractivity contribution < 1.29 is 4.74 Å². The minimum absolute atomic E-state index is 0.499. The van der Waals surface area contributed by atoms with E-state index in [4.69, 9.17) is 4.74 Å². The molecule has 1 fully saturated rings. The summed E-state index contributed by atoms with van der Waals surface area (Å²) in [5.74, 6) is 0.973. The van der Waals surface area contributed by atoms with Crippen molar-refractivity contribution in [2.24, 2.45) is 0 Å². The molecule has 0 aliphatic heterocycles. The van der Waals surface area contributed by atoms with Gasteiger partial charge in [-0.15, -0.1) is 0 Å². The number of benzene rings is 1.